The van der Waals surface area contributed by atoms with Crippen molar-refractivity contribution >= 4 is 15.1 Å². The third-order valence-electron chi connectivity index (χ3n) is 3.95. The van der Waals surface area contributed by atoms with E-state index in [9.17, 15) is 0 Å². The Morgan fingerprint density at radius 1 is 0.480 bits per heavy atom. The monoisotopic (exact) mass is 348 g/mol. The fourth-order valence-corrected chi connectivity index (χ4v) is 4.01. The molecule has 0 N–H and O–H groups in total. The van der Waals surface area contributed by atoms with E-state index in [1.165, 1.54) is 0 Å². The first kappa shape index (κ1) is 17.4. The van der Waals surface area contributed by atoms with E-state index in [1.54, 1.807) is 0 Å². The number of hydrogen-bond donors (Lipinski definition) is 0. The minimum Gasteiger partial charge on any atom is -0.577 e. The van der Waals surface area contributed by atoms with E-state index >= 15 is 0 Å². The van der Waals surface area contributed by atoms with Crippen molar-refractivity contribution in [2.24, 2.45) is 0 Å². The zero-order valence-corrected chi connectivity index (χ0v) is 15.9. The second kappa shape index (κ2) is 8.11. The summed E-state index contributed by atoms with van der Waals surface area (Å²) in [6, 6.07) is 23.7. The van der Waals surface area contributed by atoms with E-state index in [-0.39, 0.29) is 0 Å². The van der Waals surface area contributed by atoms with Crippen molar-refractivity contribution < 1.29 is 11.4 Å². The molecule has 126 valence electrons. The van der Waals surface area contributed by atoms with Gasteiger partial charge < -0.3 is 11.4 Å². The van der Waals surface area contributed by atoms with Gasteiger partial charge in [0.1, 0.15) is 0 Å². The molecule has 3 nitrogen and oxygen atoms in total. The molecular formula is C21H21AlO3. The first-order valence-electron chi connectivity index (χ1n) is 8.30. The van der Waals surface area contributed by atoms with Gasteiger partial charge in [-0.25, -0.2) is 0 Å². The van der Waals surface area contributed by atoms with Crippen LogP contribution in [0.3, 0.4) is 0 Å². The van der Waals surface area contributed by atoms with Gasteiger partial charge in [-0.2, -0.15) is 0 Å². The summed E-state index contributed by atoms with van der Waals surface area (Å²) in [6.07, 6.45) is 0. The van der Waals surface area contributed by atoms with Crippen molar-refractivity contribution in [1.29, 1.82) is 0 Å². The fourth-order valence-electron chi connectivity index (χ4n) is 2.45. The number of rotatable bonds is 6. The van der Waals surface area contributed by atoms with Gasteiger partial charge in [0.2, 0.25) is 0 Å². The first-order valence-corrected chi connectivity index (χ1v) is 9.72. The highest BCUT2D eigenvalue weighted by Gasteiger charge is 2.45. The molecule has 0 fully saturated rings. The van der Waals surface area contributed by atoms with Gasteiger partial charge in [0.05, 0.1) is 17.2 Å². The summed E-state index contributed by atoms with van der Waals surface area (Å²) in [4.78, 5) is 0. The molecule has 0 unspecified atom stereocenters. The van der Waals surface area contributed by atoms with E-state index in [1.807, 2.05) is 93.6 Å². The summed E-state index contributed by atoms with van der Waals surface area (Å²) in [6.45, 7) is 6.05. The van der Waals surface area contributed by atoms with Crippen LogP contribution in [0.15, 0.2) is 72.8 Å². The van der Waals surface area contributed by atoms with Crippen molar-refractivity contribution in [2.45, 2.75) is 20.8 Å². The summed E-state index contributed by atoms with van der Waals surface area (Å²) < 4.78 is 18.5. The Bertz CT molecular complexity index is 735. The van der Waals surface area contributed by atoms with Gasteiger partial charge in [-0.05, 0) is 55.7 Å². The molecule has 25 heavy (non-hydrogen) atoms. The van der Waals surface area contributed by atoms with Crippen LogP contribution in [0.2, 0.25) is 0 Å². The van der Waals surface area contributed by atoms with Gasteiger partial charge in [0.25, 0.3) is 0 Å². The van der Waals surface area contributed by atoms with Crippen molar-refractivity contribution in [3.05, 3.63) is 89.5 Å². The van der Waals surface area contributed by atoms with Gasteiger partial charge in [-0.1, -0.05) is 54.6 Å². The smallest absolute Gasteiger partial charge is 0.577 e. The molecule has 3 aromatic rings. The summed E-state index contributed by atoms with van der Waals surface area (Å²) in [5.41, 5.74) is 3.17. The Labute approximate surface area is 154 Å². The van der Waals surface area contributed by atoms with Crippen LogP contribution in [0, 0.1) is 20.8 Å². The van der Waals surface area contributed by atoms with E-state index in [0.29, 0.717) is 0 Å². The Morgan fingerprint density at radius 3 is 1.04 bits per heavy atom. The maximum absolute atomic E-state index is 6.16. The highest BCUT2D eigenvalue weighted by Crippen LogP contribution is 2.24. The normalized spacial score (nSPS) is 10.2. The molecule has 0 atom stereocenters. The van der Waals surface area contributed by atoms with Crippen LogP contribution < -0.4 is 11.4 Å². The molecule has 3 rings (SSSR count). The Balaban J connectivity index is 1.86. The molecule has 0 radical (unpaired) electrons. The largest absolute Gasteiger partial charge is 1.20 e. The average molecular weight is 348 g/mol. The molecular weight excluding hydrogens is 327 g/mol. The van der Waals surface area contributed by atoms with Crippen molar-refractivity contribution in [3.8, 4) is 17.2 Å². The van der Waals surface area contributed by atoms with E-state index in [4.69, 9.17) is 11.4 Å². The SMILES string of the molecule is Cc1ccccc1[O][Al]([O]c1ccccc1C)[O]c1ccccc1C. The van der Waals surface area contributed by atoms with Gasteiger partial charge in [0.15, 0.2) is 0 Å². The topological polar surface area (TPSA) is 27.7 Å². The zero-order valence-electron chi connectivity index (χ0n) is 14.7. The first-order chi connectivity index (χ1) is 12.1. The number of benzene rings is 3. The van der Waals surface area contributed by atoms with Crippen LogP contribution >= 0.6 is 0 Å². The minimum atomic E-state index is -2.50. The lowest BCUT2D eigenvalue weighted by Crippen LogP contribution is -2.37. The lowest BCUT2D eigenvalue weighted by Gasteiger charge is -2.19. The molecule has 3 aromatic carbocycles. The second-order valence-electron chi connectivity index (χ2n) is 5.94. The highest BCUT2D eigenvalue weighted by molar-refractivity contribution is 6.39. The van der Waals surface area contributed by atoms with Gasteiger partial charge in [-0.3, -0.25) is 0 Å². The van der Waals surface area contributed by atoms with E-state index in [2.05, 4.69) is 0 Å². The van der Waals surface area contributed by atoms with Crippen LogP contribution in [-0.4, -0.2) is 15.1 Å². The maximum Gasteiger partial charge on any atom is 1.20 e. The van der Waals surface area contributed by atoms with Gasteiger partial charge in [-0.15, -0.1) is 0 Å². The van der Waals surface area contributed by atoms with Crippen LogP contribution in [0.1, 0.15) is 16.7 Å². The zero-order chi connectivity index (χ0) is 17.6. The van der Waals surface area contributed by atoms with Crippen molar-refractivity contribution in [1.82, 2.24) is 0 Å². The molecule has 0 spiro atoms. The Kier molecular flexibility index (Phi) is 5.65. The second-order valence-corrected chi connectivity index (χ2v) is 7.22. The van der Waals surface area contributed by atoms with Gasteiger partial charge in [0, 0.05) is 0 Å². The number of hydrogen-bond acceptors (Lipinski definition) is 3. The highest BCUT2D eigenvalue weighted by atomic mass is 27.3. The molecule has 0 saturated carbocycles. The predicted molar refractivity (Wildman–Crippen MR) is 101 cm³/mol. The maximum atomic E-state index is 6.16. The minimum absolute atomic E-state index is 0.793. The third-order valence-corrected chi connectivity index (χ3v) is 5.29. The van der Waals surface area contributed by atoms with Crippen LogP contribution in [0.4, 0.5) is 0 Å². The third kappa shape index (κ3) is 4.57. The van der Waals surface area contributed by atoms with Crippen molar-refractivity contribution in [2.75, 3.05) is 0 Å². The molecule has 0 aliphatic heterocycles. The lowest BCUT2D eigenvalue weighted by atomic mass is 10.2. The molecule has 0 saturated heterocycles. The van der Waals surface area contributed by atoms with Crippen LogP contribution in [-0.2, 0) is 0 Å². The van der Waals surface area contributed by atoms with Crippen molar-refractivity contribution in [3.63, 3.8) is 0 Å². The summed E-state index contributed by atoms with van der Waals surface area (Å²) >= 11 is -2.50. The molecule has 4 heteroatoms. The predicted octanol–water partition coefficient (Wildman–Crippen LogP) is 5.13. The number of para-hydroxylation sites is 3. The average Bonchev–Trinajstić information content (AvgIpc) is 2.61. The van der Waals surface area contributed by atoms with Crippen LogP contribution in [0.5, 0.6) is 17.2 Å². The summed E-state index contributed by atoms with van der Waals surface area (Å²) in [5.74, 6) is 2.38. The Morgan fingerprint density at radius 2 is 0.760 bits per heavy atom. The lowest BCUT2D eigenvalue weighted by molar-refractivity contribution is 0.304. The summed E-state index contributed by atoms with van der Waals surface area (Å²) in [5, 5.41) is 0. The molecule has 0 aliphatic carbocycles. The fraction of sp³-hybridized carbons (Fsp3) is 0.143. The van der Waals surface area contributed by atoms with E-state index < -0.39 is 15.1 Å². The Hall–Kier alpha value is -2.41. The van der Waals surface area contributed by atoms with Gasteiger partial charge >= 0.3 is 15.1 Å². The van der Waals surface area contributed by atoms with E-state index in [0.717, 1.165) is 33.9 Å². The number of aryl methyl sites for hydroxylation is 3. The van der Waals surface area contributed by atoms with Crippen LogP contribution in [0.25, 0.3) is 0 Å². The molecule has 0 amide bonds. The quantitative estimate of drug-likeness (QED) is 0.578. The molecule has 0 aliphatic rings. The molecule has 0 heterocycles. The molecule has 0 aromatic heterocycles. The standard InChI is InChI=1S/3C7H8O.Al/c3*1-6-4-2-3-5-7(6)8;/h3*2-5,8H,1H3;/q;;;+3/p-3. The summed E-state index contributed by atoms with van der Waals surface area (Å²) in [7, 11) is 0. The molecule has 0 bridgehead atoms.